The molecule has 3 amide bonds. The van der Waals surface area contributed by atoms with Crippen molar-refractivity contribution in [2.24, 2.45) is 0 Å². The van der Waals surface area contributed by atoms with Crippen molar-refractivity contribution < 1.29 is 14.3 Å². The van der Waals surface area contributed by atoms with Gasteiger partial charge in [0.1, 0.15) is 17.9 Å². The molecule has 1 aliphatic carbocycles. The monoisotopic (exact) mass is 378 g/mol. The van der Waals surface area contributed by atoms with Crippen LogP contribution in [0.4, 0.5) is 4.79 Å². The van der Waals surface area contributed by atoms with Crippen LogP contribution in [0.15, 0.2) is 36.4 Å². The lowest BCUT2D eigenvalue weighted by molar-refractivity contribution is -0.131. The number of urea groups is 1. The standard InChI is InChI=1S/C23H26N2O3/c1-15-11-16(2)13-20(12-15)28-10-9-25-21(26)23(3,24-22(25)27)19-8-7-17-5-4-6-18(17)14-19/h7-8,11-14H,4-6,9-10H2,1-3H3,(H,24,27)/t23-/m1/s1. The Balaban J connectivity index is 1.46. The van der Waals surface area contributed by atoms with E-state index in [1.165, 1.54) is 16.0 Å². The van der Waals surface area contributed by atoms with E-state index in [4.69, 9.17) is 4.74 Å². The van der Waals surface area contributed by atoms with Crippen LogP contribution in [0, 0.1) is 13.8 Å². The van der Waals surface area contributed by atoms with Gasteiger partial charge >= 0.3 is 6.03 Å². The summed E-state index contributed by atoms with van der Waals surface area (Å²) in [7, 11) is 0. The van der Waals surface area contributed by atoms with Gasteiger partial charge in [-0.2, -0.15) is 0 Å². The molecule has 0 aromatic heterocycles. The summed E-state index contributed by atoms with van der Waals surface area (Å²) >= 11 is 0. The number of hydrogen-bond donors (Lipinski definition) is 1. The number of carbonyl (C=O) groups is 2. The number of nitrogens with zero attached hydrogens (tertiary/aromatic N) is 1. The van der Waals surface area contributed by atoms with E-state index in [0.29, 0.717) is 0 Å². The molecule has 146 valence electrons. The molecule has 0 saturated carbocycles. The third kappa shape index (κ3) is 3.26. The first kappa shape index (κ1) is 18.5. The van der Waals surface area contributed by atoms with E-state index in [0.717, 1.165) is 41.7 Å². The maximum atomic E-state index is 13.1. The molecule has 0 bridgehead atoms. The third-order valence-electron chi connectivity index (χ3n) is 5.73. The minimum Gasteiger partial charge on any atom is -0.492 e. The third-order valence-corrected chi connectivity index (χ3v) is 5.73. The van der Waals surface area contributed by atoms with Crippen molar-refractivity contribution in [1.82, 2.24) is 10.2 Å². The van der Waals surface area contributed by atoms with Crippen LogP contribution in [0.25, 0.3) is 0 Å². The van der Waals surface area contributed by atoms with E-state index in [9.17, 15) is 9.59 Å². The fourth-order valence-corrected chi connectivity index (χ4v) is 4.25. The summed E-state index contributed by atoms with van der Waals surface area (Å²) in [6.45, 7) is 6.30. The second-order valence-corrected chi connectivity index (χ2v) is 8.02. The molecule has 28 heavy (non-hydrogen) atoms. The molecule has 5 nitrogen and oxygen atoms in total. The first-order chi connectivity index (χ1) is 13.4. The van der Waals surface area contributed by atoms with Crippen LogP contribution < -0.4 is 10.1 Å². The molecule has 1 heterocycles. The molecule has 0 unspecified atom stereocenters. The van der Waals surface area contributed by atoms with Gasteiger partial charge in [0, 0.05) is 0 Å². The number of hydrogen-bond acceptors (Lipinski definition) is 3. The minimum atomic E-state index is -1.02. The number of imide groups is 1. The predicted molar refractivity (Wildman–Crippen MR) is 107 cm³/mol. The van der Waals surface area contributed by atoms with Gasteiger partial charge in [-0.05, 0) is 80.0 Å². The SMILES string of the molecule is Cc1cc(C)cc(OCCN2C(=O)N[C@](C)(c3ccc4c(c3)CCC4)C2=O)c1. The van der Waals surface area contributed by atoms with E-state index in [2.05, 4.69) is 23.5 Å². The van der Waals surface area contributed by atoms with Crippen LogP contribution in [0.3, 0.4) is 0 Å². The second-order valence-electron chi connectivity index (χ2n) is 8.02. The Morgan fingerprint density at radius 2 is 1.75 bits per heavy atom. The molecular formula is C23H26N2O3. The zero-order chi connectivity index (χ0) is 19.9. The lowest BCUT2D eigenvalue weighted by Crippen LogP contribution is -2.41. The van der Waals surface area contributed by atoms with Crippen LogP contribution >= 0.6 is 0 Å². The largest absolute Gasteiger partial charge is 0.492 e. The van der Waals surface area contributed by atoms with E-state index in [1.54, 1.807) is 6.92 Å². The molecule has 1 fully saturated rings. The molecule has 0 spiro atoms. The highest BCUT2D eigenvalue weighted by Crippen LogP contribution is 2.32. The van der Waals surface area contributed by atoms with Gasteiger partial charge in [0.2, 0.25) is 0 Å². The zero-order valence-corrected chi connectivity index (χ0v) is 16.7. The summed E-state index contributed by atoms with van der Waals surface area (Å²) in [5.41, 5.74) is 4.71. The van der Waals surface area contributed by atoms with Gasteiger partial charge in [0.15, 0.2) is 0 Å². The number of amides is 3. The zero-order valence-electron chi connectivity index (χ0n) is 16.7. The van der Waals surface area contributed by atoms with Crippen LogP contribution in [-0.2, 0) is 23.2 Å². The molecule has 4 rings (SSSR count). The van der Waals surface area contributed by atoms with Gasteiger partial charge in [-0.15, -0.1) is 0 Å². The van der Waals surface area contributed by atoms with Crippen LogP contribution in [-0.4, -0.2) is 30.0 Å². The average molecular weight is 378 g/mol. The molecule has 1 N–H and O–H groups in total. The summed E-state index contributed by atoms with van der Waals surface area (Å²) in [5, 5.41) is 2.89. The van der Waals surface area contributed by atoms with Crippen molar-refractivity contribution >= 4 is 11.9 Å². The van der Waals surface area contributed by atoms with Crippen LogP contribution in [0.5, 0.6) is 5.75 Å². The Hall–Kier alpha value is -2.82. The van der Waals surface area contributed by atoms with Crippen LogP contribution in [0.1, 0.15) is 41.2 Å². The summed E-state index contributed by atoms with van der Waals surface area (Å²) < 4.78 is 5.79. The van der Waals surface area contributed by atoms with Gasteiger partial charge < -0.3 is 10.1 Å². The molecule has 2 aliphatic rings. The molecule has 2 aromatic carbocycles. The van der Waals surface area contributed by atoms with Gasteiger partial charge in [-0.3, -0.25) is 9.69 Å². The van der Waals surface area contributed by atoms with Crippen molar-refractivity contribution in [3.8, 4) is 5.75 Å². The van der Waals surface area contributed by atoms with Crippen molar-refractivity contribution in [1.29, 1.82) is 0 Å². The summed E-state index contributed by atoms with van der Waals surface area (Å²) in [6, 6.07) is 11.8. The topological polar surface area (TPSA) is 58.6 Å². The summed E-state index contributed by atoms with van der Waals surface area (Å²) in [6.07, 6.45) is 3.28. The molecule has 1 atom stereocenters. The Morgan fingerprint density at radius 1 is 1.04 bits per heavy atom. The number of nitrogens with one attached hydrogen (secondary N) is 1. The lowest BCUT2D eigenvalue weighted by Gasteiger charge is -2.23. The van der Waals surface area contributed by atoms with Crippen LogP contribution in [0.2, 0.25) is 0 Å². The van der Waals surface area contributed by atoms with Gasteiger partial charge in [-0.1, -0.05) is 24.3 Å². The Kier molecular flexibility index (Phi) is 4.61. The Morgan fingerprint density at radius 3 is 2.50 bits per heavy atom. The molecule has 1 saturated heterocycles. The molecular weight excluding hydrogens is 352 g/mol. The number of fused-ring (bicyclic) bond motifs is 1. The number of rotatable bonds is 5. The van der Waals surface area contributed by atoms with Gasteiger partial charge in [0.05, 0.1) is 6.54 Å². The number of benzene rings is 2. The first-order valence-corrected chi connectivity index (χ1v) is 9.84. The normalized spacial score (nSPS) is 21.0. The molecule has 1 aliphatic heterocycles. The van der Waals surface area contributed by atoms with Crippen molar-refractivity contribution in [3.05, 3.63) is 64.2 Å². The fraction of sp³-hybridized carbons (Fsp3) is 0.391. The van der Waals surface area contributed by atoms with E-state index >= 15 is 0 Å². The highest BCUT2D eigenvalue weighted by atomic mass is 16.5. The summed E-state index contributed by atoms with van der Waals surface area (Å²) in [4.78, 5) is 26.8. The smallest absolute Gasteiger partial charge is 0.325 e. The Bertz CT molecular complexity index is 933. The highest BCUT2D eigenvalue weighted by molar-refractivity contribution is 6.07. The Labute approximate surface area is 165 Å². The second kappa shape index (κ2) is 6.97. The fourth-order valence-electron chi connectivity index (χ4n) is 4.25. The average Bonchev–Trinajstić information content (AvgIpc) is 3.19. The number of carbonyl (C=O) groups excluding carboxylic acids is 2. The number of aryl methyl sites for hydroxylation is 4. The quantitative estimate of drug-likeness (QED) is 0.808. The van der Waals surface area contributed by atoms with Crippen molar-refractivity contribution in [3.63, 3.8) is 0 Å². The number of ether oxygens (including phenoxy) is 1. The maximum Gasteiger partial charge on any atom is 0.325 e. The summed E-state index contributed by atoms with van der Waals surface area (Å²) in [5.74, 6) is 0.533. The molecule has 2 aromatic rings. The van der Waals surface area contributed by atoms with Crippen molar-refractivity contribution in [2.45, 2.75) is 45.6 Å². The van der Waals surface area contributed by atoms with Gasteiger partial charge in [-0.25, -0.2) is 4.79 Å². The highest BCUT2D eigenvalue weighted by Gasteiger charge is 2.49. The first-order valence-electron chi connectivity index (χ1n) is 9.84. The molecule has 0 radical (unpaired) electrons. The van der Waals surface area contributed by atoms with E-state index in [-0.39, 0.29) is 25.1 Å². The van der Waals surface area contributed by atoms with E-state index in [1.807, 2.05) is 32.0 Å². The lowest BCUT2D eigenvalue weighted by atomic mass is 9.90. The van der Waals surface area contributed by atoms with Gasteiger partial charge in [0.25, 0.3) is 5.91 Å². The van der Waals surface area contributed by atoms with Crippen molar-refractivity contribution in [2.75, 3.05) is 13.2 Å². The molecule has 5 heteroatoms. The minimum absolute atomic E-state index is 0.220. The predicted octanol–water partition coefficient (Wildman–Crippen LogP) is 3.64. The van der Waals surface area contributed by atoms with E-state index < -0.39 is 5.54 Å². The maximum absolute atomic E-state index is 13.1.